The molecule has 1 N–H and O–H groups in total. The van der Waals surface area contributed by atoms with E-state index in [0.29, 0.717) is 17.4 Å². The Kier molecular flexibility index (Phi) is 4.28. The van der Waals surface area contributed by atoms with Crippen molar-refractivity contribution in [3.63, 3.8) is 0 Å². The maximum absolute atomic E-state index is 11.9. The molecule has 1 heterocycles. The summed E-state index contributed by atoms with van der Waals surface area (Å²) in [5.41, 5.74) is 0.642. The third-order valence-corrected chi connectivity index (χ3v) is 5.28. The van der Waals surface area contributed by atoms with E-state index in [1.165, 1.54) is 25.7 Å². The van der Waals surface area contributed by atoms with Gasteiger partial charge in [0.2, 0.25) is 5.01 Å². The van der Waals surface area contributed by atoms with Gasteiger partial charge >= 0.3 is 5.97 Å². The van der Waals surface area contributed by atoms with Gasteiger partial charge in [-0.1, -0.05) is 12.8 Å². The minimum atomic E-state index is -1.01. The van der Waals surface area contributed by atoms with Crippen molar-refractivity contribution in [2.24, 2.45) is 5.92 Å². The van der Waals surface area contributed by atoms with Gasteiger partial charge in [-0.25, -0.2) is 9.78 Å². The van der Waals surface area contributed by atoms with Gasteiger partial charge in [-0.15, -0.1) is 11.3 Å². The summed E-state index contributed by atoms with van der Waals surface area (Å²) in [6.07, 6.45) is 4.87. The normalized spacial score (nSPS) is 18.4. The molecule has 1 aliphatic carbocycles. The van der Waals surface area contributed by atoms with E-state index >= 15 is 0 Å². The van der Waals surface area contributed by atoms with Crippen LogP contribution >= 0.6 is 11.3 Å². The van der Waals surface area contributed by atoms with Gasteiger partial charge in [0.15, 0.2) is 0 Å². The molecule has 0 spiro atoms. The molecular weight excluding hydrogens is 258 g/mol. The molecule has 1 aromatic rings. The molecule has 0 saturated heterocycles. The van der Waals surface area contributed by atoms with E-state index in [0.717, 1.165) is 17.1 Å². The average Bonchev–Trinajstić information content (AvgIpc) is 2.88. The monoisotopic (exact) mass is 273 g/mol. The molecule has 1 aromatic heterocycles. The summed E-state index contributed by atoms with van der Waals surface area (Å²) in [6.45, 7) is 0. The fourth-order valence-corrected chi connectivity index (χ4v) is 4.35. The maximum Gasteiger partial charge on any atom is 0.365 e. The molecule has 0 aromatic carbocycles. The minimum absolute atomic E-state index is 0.0814. The van der Waals surface area contributed by atoms with Gasteiger partial charge in [0.25, 0.3) is 0 Å². The van der Waals surface area contributed by atoms with E-state index in [2.05, 4.69) is 4.98 Å². The third kappa shape index (κ3) is 3.61. The number of aromatic carboxylic acids is 1. The van der Waals surface area contributed by atoms with Crippen molar-refractivity contribution in [2.45, 2.75) is 31.4 Å². The predicted octanol–water partition coefficient (Wildman–Crippen LogP) is 2.28. The number of rotatable bonds is 5. The number of carboxylic acids is 1. The Morgan fingerprint density at radius 1 is 1.53 bits per heavy atom. The Morgan fingerprint density at radius 2 is 2.24 bits per heavy atom. The van der Waals surface area contributed by atoms with Gasteiger partial charge < -0.3 is 5.11 Å². The van der Waals surface area contributed by atoms with Crippen molar-refractivity contribution < 1.29 is 14.1 Å². The number of carboxylic acid groups (broad SMARTS) is 1. The number of hydrogen-bond donors (Lipinski definition) is 1. The SMILES string of the molecule is O=C(O)c1nc(CS(=O)CC2CCCC2)cs1. The Balaban J connectivity index is 1.86. The molecule has 1 aliphatic rings. The smallest absolute Gasteiger partial charge is 0.365 e. The Morgan fingerprint density at radius 3 is 2.82 bits per heavy atom. The predicted molar refractivity (Wildman–Crippen MR) is 67.7 cm³/mol. The second kappa shape index (κ2) is 5.73. The van der Waals surface area contributed by atoms with Crippen LogP contribution in [0.4, 0.5) is 0 Å². The number of thiazole rings is 1. The molecule has 4 nitrogen and oxygen atoms in total. The van der Waals surface area contributed by atoms with Crippen LogP contribution in [-0.2, 0) is 16.6 Å². The topological polar surface area (TPSA) is 67.3 Å². The first-order valence-corrected chi connectivity index (χ1v) is 8.04. The average molecular weight is 273 g/mol. The first kappa shape index (κ1) is 12.7. The van der Waals surface area contributed by atoms with Gasteiger partial charge in [0.05, 0.1) is 11.4 Å². The van der Waals surface area contributed by atoms with Crippen LogP contribution in [0.3, 0.4) is 0 Å². The van der Waals surface area contributed by atoms with Crippen molar-refractivity contribution in [3.8, 4) is 0 Å². The zero-order chi connectivity index (χ0) is 12.3. The van der Waals surface area contributed by atoms with Crippen LogP contribution in [0, 0.1) is 5.92 Å². The lowest BCUT2D eigenvalue weighted by Crippen LogP contribution is -2.09. The molecule has 94 valence electrons. The van der Waals surface area contributed by atoms with E-state index in [1.807, 2.05) is 0 Å². The first-order chi connectivity index (χ1) is 8.15. The summed E-state index contributed by atoms with van der Waals surface area (Å²) in [6, 6.07) is 0. The van der Waals surface area contributed by atoms with E-state index in [9.17, 15) is 9.00 Å². The second-order valence-electron chi connectivity index (χ2n) is 4.35. The largest absolute Gasteiger partial charge is 0.476 e. The van der Waals surface area contributed by atoms with Gasteiger partial charge in [0.1, 0.15) is 0 Å². The van der Waals surface area contributed by atoms with Gasteiger partial charge in [0, 0.05) is 21.9 Å². The zero-order valence-corrected chi connectivity index (χ0v) is 11.1. The number of aromatic nitrogens is 1. The van der Waals surface area contributed by atoms with Crippen LogP contribution in [0.25, 0.3) is 0 Å². The maximum atomic E-state index is 11.9. The lowest BCUT2D eigenvalue weighted by molar-refractivity contribution is 0.0696. The van der Waals surface area contributed by atoms with Crippen molar-refractivity contribution in [1.82, 2.24) is 4.98 Å². The summed E-state index contributed by atoms with van der Waals surface area (Å²) in [5, 5.41) is 10.5. The van der Waals surface area contributed by atoms with Crippen molar-refractivity contribution in [2.75, 3.05) is 5.75 Å². The van der Waals surface area contributed by atoms with Crippen molar-refractivity contribution in [1.29, 1.82) is 0 Å². The Bertz CT molecular complexity index is 424. The zero-order valence-electron chi connectivity index (χ0n) is 9.42. The van der Waals surface area contributed by atoms with Gasteiger partial charge in [-0.05, 0) is 18.8 Å². The molecule has 0 amide bonds. The molecule has 0 bridgehead atoms. The second-order valence-corrected chi connectivity index (χ2v) is 6.71. The minimum Gasteiger partial charge on any atom is -0.476 e. The highest BCUT2D eigenvalue weighted by Gasteiger charge is 2.18. The van der Waals surface area contributed by atoms with E-state index in [4.69, 9.17) is 5.11 Å². The first-order valence-electron chi connectivity index (χ1n) is 5.68. The molecule has 1 unspecified atom stereocenters. The fourth-order valence-electron chi connectivity index (χ4n) is 2.14. The molecule has 17 heavy (non-hydrogen) atoms. The van der Waals surface area contributed by atoms with Crippen LogP contribution in [0.5, 0.6) is 0 Å². The van der Waals surface area contributed by atoms with E-state index < -0.39 is 16.8 Å². The summed E-state index contributed by atoms with van der Waals surface area (Å²) in [7, 11) is -0.909. The molecule has 6 heteroatoms. The van der Waals surface area contributed by atoms with Gasteiger partial charge in [-0.2, -0.15) is 0 Å². The van der Waals surface area contributed by atoms with E-state index in [-0.39, 0.29) is 5.01 Å². The number of nitrogens with zero attached hydrogens (tertiary/aromatic N) is 1. The molecule has 2 rings (SSSR count). The summed E-state index contributed by atoms with van der Waals surface area (Å²) >= 11 is 1.10. The molecular formula is C11H15NO3S2. The lowest BCUT2D eigenvalue weighted by Gasteiger charge is -2.06. The summed E-state index contributed by atoms with van der Waals surface area (Å²) in [4.78, 5) is 14.6. The van der Waals surface area contributed by atoms with Crippen LogP contribution in [-0.4, -0.2) is 26.0 Å². The Hall–Kier alpha value is -0.750. The molecule has 1 fully saturated rings. The highest BCUT2D eigenvalue weighted by molar-refractivity contribution is 7.84. The van der Waals surface area contributed by atoms with Crippen molar-refractivity contribution in [3.05, 3.63) is 16.1 Å². The highest BCUT2D eigenvalue weighted by atomic mass is 32.2. The third-order valence-electron chi connectivity index (χ3n) is 2.94. The number of hydrogen-bond acceptors (Lipinski definition) is 4. The molecule has 0 radical (unpaired) electrons. The summed E-state index contributed by atoms with van der Waals surface area (Å²) in [5.74, 6) is 0.705. The summed E-state index contributed by atoms with van der Waals surface area (Å²) < 4.78 is 11.9. The van der Waals surface area contributed by atoms with E-state index in [1.54, 1.807) is 5.38 Å². The van der Waals surface area contributed by atoms with Crippen molar-refractivity contribution >= 4 is 28.1 Å². The molecule has 1 saturated carbocycles. The quantitative estimate of drug-likeness (QED) is 0.893. The number of carbonyl (C=O) groups is 1. The van der Waals surface area contributed by atoms with Gasteiger partial charge in [-0.3, -0.25) is 4.21 Å². The van der Waals surface area contributed by atoms with Crippen LogP contribution in [0.1, 0.15) is 41.2 Å². The molecule has 0 aliphatic heterocycles. The van der Waals surface area contributed by atoms with Crippen LogP contribution in [0.15, 0.2) is 5.38 Å². The van der Waals surface area contributed by atoms with Crippen LogP contribution < -0.4 is 0 Å². The standard InChI is InChI=1S/C11H15NO3S2/c13-11(14)10-12-9(5-16-10)7-17(15)6-8-3-1-2-4-8/h5,8H,1-4,6-7H2,(H,13,14). The molecule has 1 atom stereocenters. The van der Waals surface area contributed by atoms with Crippen LogP contribution in [0.2, 0.25) is 0 Å². The lowest BCUT2D eigenvalue weighted by atomic mass is 10.1. The Labute approximate surface area is 107 Å². The fraction of sp³-hybridized carbons (Fsp3) is 0.636. The highest BCUT2D eigenvalue weighted by Crippen LogP contribution is 2.26.